The van der Waals surface area contributed by atoms with E-state index in [2.05, 4.69) is 4.98 Å². The number of pyridine rings is 1. The number of carboxylic acids is 1. The topological polar surface area (TPSA) is 70.5 Å². The number of halogens is 1. The number of carbonyl (C=O) groups is 2. The molecule has 3 rings (SSSR count). The van der Waals surface area contributed by atoms with Crippen LogP contribution in [0.3, 0.4) is 0 Å². The van der Waals surface area contributed by atoms with E-state index in [4.69, 9.17) is 5.11 Å². The zero-order chi connectivity index (χ0) is 15.0. The van der Waals surface area contributed by atoms with E-state index < -0.39 is 17.7 Å². The molecule has 2 aromatic rings. The van der Waals surface area contributed by atoms with Crippen molar-refractivity contribution in [2.45, 2.75) is 6.42 Å². The van der Waals surface area contributed by atoms with Gasteiger partial charge in [0.1, 0.15) is 11.5 Å². The van der Waals surface area contributed by atoms with Crippen LogP contribution in [0.4, 0.5) is 10.1 Å². The number of hydrogen-bond acceptors (Lipinski definition) is 3. The first-order valence-electron chi connectivity index (χ1n) is 6.36. The first-order valence-corrected chi connectivity index (χ1v) is 6.36. The van der Waals surface area contributed by atoms with Crippen LogP contribution in [0.15, 0.2) is 36.5 Å². The van der Waals surface area contributed by atoms with Crippen molar-refractivity contribution in [3.8, 4) is 0 Å². The zero-order valence-corrected chi connectivity index (χ0v) is 10.9. The maximum atomic E-state index is 13.4. The minimum Gasteiger partial charge on any atom is -0.478 e. The third kappa shape index (κ3) is 2.24. The Morgan fingerprint density at radius 2 is 2.10 bits per heavy atom. The number of fused-ring (bicyclic) bond motifs is 1. The van der Waals surface area contributed by atoms with E-state index in [9.17, 15) is 14.0 Å². The van der Waals surface area contributed by atoms with Gasteiger partial charge in [0.25, 0.3) is 5.91 Å². The minimum absolute atomic E-state index is 0.137. The van der Waals surface area contributed by atoms with Crippen LogP contribution in [0.25, 0.3) is 0 Å². The quantitative estimate of drug-likeness (QED) is 0.918. The monoisotopic (exact) mass is 286 g/mol. The fourth-order valence-corrected chi connectivity index (χ4v) is 2.44. The molecule has 0 saturated heterocycles. The van der Waals surface area contributed by atoms with Crippen LogP contribution in [0.5, 0.6) is 0 Å². The van der Waals surface area contributed by atoms with Gasteiger partial charge >= 0.3 is 5.97 Å². The molecule has 1 aliphatic heterocycles. The van der Waals surface area contributed by atoms with Gasteiger partial charge in [0.15, 0.2) is 0 Å². The van der Waals surface area contributed by atoms with Gasteiger partial charge in [0.05, 0.1) is 11.3 Å². The van der Waals surface area contributed by atoms with Crippen LogP contribution in [0, 0.1) is 5.82 Å². The van der Waals surface area contributed by atoms with Gasteiger partial charge in [0, 0.05) is 12.7 Å². The molecule has 1 amide bonds. The lowest BCUT2D eigenvalue weighted by Crippen LogP contribution is -2.31. The molecule has 0 bridgehead atoms. The van der Waals surface area contributed by atoms with E-state index in [0.29, 0.717) is 18.7 Å². The highest BCUT2D eigenvalue weighted by molar-refractivity contribution is 6.11. The molecular formula is C15H11FN2O3. The number of aromatic carboxylic acids is 1. The van der Waals surface area contributed by atoms with E-state index >= 15 is 0 Å². The normalized spacial score (nSPS) is 13.1. The molecule has 6 heteroatoms. The van der Waals surface area contributed by atoms with Crippen molar-refractivity contribution in [2.24, 2.45) is 0 Å². The SMILES string of the molecule is O=C(O)c1cccnc1C(=O)N1CCc2ccc(F)cc21. The van der Waals surface area contributed by atoms with Crippen molar-refractivity contribution in [3.63, 3.8) is 0 Å². The van der Waals surface area contributed by atoms with Crippen LogP contribution < -0.4 is 4.90 Å². The lowest BCUT2D eigenvalue weighted by atomic mass is 10.1. The molecule has 5 nitrogen and oxygen atoms in total. The summed E-state index contributed by atoms with van der Waals surface area (Å²) in [5.74, 6) is -2.18. The highest BCUT2D eigenvalue weighted by Crippen LogP contribution is 2.30. The summed E-state index contributed by atoms with van der Waals surface area (Å²) in [5.41, 5.74) is 1.04. The Bertz CT molecular complexity index is 745. The zero-order valence-electron chi connectivity index (χ0n) is 10.9. The largest absolute Gasteiger partial charge is 0.478 e. The van der Waals surface area contributed by atoms with Crippen molar-refractivity contribution < 1.29 is 19.1 Å². The standard InChI is InChI=1S/C15H11FN2O3/c16-10-4-3-9-5-7-18(12(9)8-10)14(19)13-11(15(20)21)2-1-6-17-13/h1-4,6,8H,5,7H2,(H,20,21). The molecule has 106 valence electrons. The number of hydrogen-bond donors (Lipinski definition) is 1. The summed E-state index contributed by atoms with van der Waals surface area (Å²) in [4.78, 5) is 28.9. The van der Waals surface area contributed by atoms with E-state index in [-0.39, 0.29) is 11.3 Å². The second-order valence-corrected chi connectivity index (χ2v) is 4.68. The van der Waals surface area contributed by atoms with Crippen LogP contribution in [-0.2, 0) is 6.42 Å². The maximum Gasteiger partial charge on any atom is 0.338 e. The Morgan fingerprint density at radius 1 is 1.29 bits per heavy atom. The van der Waals surface area contributed by atoms with Crippen LogP contribution >= 0.6 is 0 Å². The van der Waals surface area contributed by atoms with Crippen molar-refractivity contribution >= 4 is 17.6 Å². The Morgan fingerprint density at radius 3 is 2.86 bits per heavy atom. The molecule has 0 spiro atoms. The highest BCUT2D eigenvalue weighted by atomic mass is 19.1. The number of anilines is 1. The summed E-state index contributed by atoms with van der Waals surface area (Å²) in [6, 6.07) is 7.04. The lowest BCUT2D eigenvalue weighted by molar-refractivity contribution is 0.0691. The molecule has 2 heterocycles. The van der Waals surface area contributed by atoms with Gasteiger partial charge in [-0.3, -0.25) is 9.78 Å². The molecule has 0 saturated carbocycles. The average molecular weight is 286 g/mol. The molecule has 0 fully saturated rings. The Labute approximate surface area is 119 Å². The summed E-state index contributed by atoms with van der Waals surface area (Å²) in [6.45, 7) is 0.382. The van der Waals surface area contributed by atoms with Gasteiger partial charge in [-0.25, -0.2) is 9.18 Å². The van der Waals surface area contributed by atoms with Crippen LogP contribution in [0.2, 0.25) is 0 Å². The van der Waals surface area contributed by atoms with Crippen molar-refractivity contribution in [2.75, 3.05) is 11.4 Å². The van der Waals surface area contributed by atoms with Gasteiger partial charge in [-0.2, -0.15) is 0 Å². The van der Waals surface area contributed by atoms with E-state index in [1.54, 1.807) is 6.07 Å². The summed E-state index contributed by atoms with van der Waals surface area (Å²) < 4.78 is 13.4. The highest BCUT2D eigenvalue weighted by Gasteiger charge is 2.29. The predicted molar refractivity (Wildman–Crippen MR) is 73.0 cm³/mol. The smallest absolute Gasteiger partial charge is 0.338 e. The van der Waals surface area contributed by atoms with Crippen LogP contribution in [-0.4, -0.2) is 28.5 Å². The molecule has 1 aromatic heterocycles. The third-order valence-electron chi connectivity index (χ3n) is 3.43. The molecule has 21 heavy (non-hydrogen) atoms. The second-order valence-electron chi connectivity index (χ2n) is 4.68. The average Bonchev–Trinajstić information content (AvgIpc) is 2.89. The number of benzene rings is 1. The fraction of sp³-hybridized carbons (Fsp3) is 0.133. The molecular weight excluding hydrogens is 275 g/mol. The van der Waals surface area contributed by atoms with E-state index in [1.807, 2.05) is 0 Å². The molecule has 1 N–H and O–H groups in total. The summed E-state index contributed by atoms with van der Waals surface area (Å²) in [6.07, 6.45) is 1.97. The third-order valence-corrected chi connectivity index (χ3v) is 3.43. The number of aromatic nitrogens is 1. The summed E-state index contributed by atoms with van der Waals surface area (Å²) >= 11 is 0. The first-order chi connectivity index (χ1) is 10.1. The first kappa shape index (κ1) is 13.2. The fourth-order valence-electron chi connectivity index (χ4n) is 2.44. The number of amides is 1. The van der Waals surface area contributed by atoms with Gasteiger partial charge in [-0.05, 0) is 36.2 Å². The van der Waals surface area contributed by atoms with Crippen molar-refractivity contribution in [3.05, 3.63) is 59.2 Å². The van der Waals surface area contributed by atoms with Gasteiger partial charge in [0.2, 0.25) is 0 Å². The summed E-state index contributed by atoms with van der Waals surface area (Å²) in [5, 5.41) is 9.13. The van der Waals surface area contributed by atoms with Crippen molar-refractivity contribution in [1.82, 2.24) is 4.98 Å². The number of rotatable bonds is 2. The van der Waals surface area contributed by atoms with Gasteiger partial charge in [-0.15, -0.1) is 0 Å². The molecule has 0 atom stereocenters. The molecule has 1 aliphatic rings. The van der Waals surface area contributed by atoms with Crippen LogP contribution in [0.1, 0.15) is 26.4 Å². The number of carbonyl (C=O) groups excluding carboxylic acids is 1. The Hall–Kier alpha value is -2.76. The molecule has 0 radical (unpaired) electrons. The predicted octanol–water partition coefficient (Wildman–Crippen LogP) is 2.12. The molecule has 1 aromatic carbocycles. The number of carboxylic acid groups (broad SMARTS) is 1. The van der Waals surface area contributed by atoms with Gasteiger partial charge < -0.3 is 10.0 Å². The van der Waals surface area contributed by atoms with E-state index in [1.165, 1.54) is 35.4 Å². The minimum atomic E-state index is -1.22. The van der Waals surface area contributed by atoms with E-state index in [0.717, 1.165) is 5.56 Å². The maximum absolute atomic E-state index is 13.4. The molecule has 0 aliphatic carbocycles. The Kier molecular flexibility index (Phi) is 3.13. The Balaban J connectivity index is 2.03. The lowest BCUT2D eigenvalue weighted by Gasteiger charge is -2.17. The number of nitrogens with zero attached hydrogens (tertiary/aromatic N) is 2. The molecule has 0 unspecified atom stereocenters. The summed E-state index contributed by atoms with van der Waals surface area (Å²) in [7, 11) is 0. The van der Waals surface area contributed by atoms with Crippen molar-refractivity contribution in [1.29, 1.82) is 0 Å². The second kappa shape index (κ2) is 4.97. The van der Waals surface area contributed by atoms with Gasteiger partial charge in [-0.1, -0.05) is 6.07 Å².